The largest absolute Gasteiger partial charge is 0.467 e. The first kappa shape index (κ1) is 17.3. The Labute approximate surface area is 132 Å². The third-order valence-electron chi connectivity index (χ3n) is 3.81. The number of carbonyl (C=O) groups is 2. The van der Waals surface area contributed by atoms with Crippen LogP contribution in [0.3, 0.4) is 0 Å². The van der Waals surface area contributed by atoms with Crippen LogP contribution in [0, 0.1) is 5.92 Å². The Morgan fingerprint density at radius 1 is 1.35 bits per heavy atom. The molecule has 1 aliphatic heterocycles. The van der Waals surface area contributed by atoms with Crippen LogP contribution in [0.5, 0.6) is 0 Å². The van der Waals surface area contributed by atoms with Gasteiger partial charge in [-0.2, -0.15) is 13.2 Å². The summed E-state index contributed by atoms with van der Waals surface area (Å²) in [5, 5.41) is 0. The zero-order chi connectivity index (χ0) is 17.4. The van der Waals surface area contributed by atoms with Crippen LogP contribution in [0.1, 0.15) is 20.3 Å². The van der Waals surface area contributed by atoms with Crippen molar-refractivity contribution in [3.8, 4) is 0 Å². The first-order valence-corrected chi connectivity index (χ1v) is 7.23. The Kier molecular flexibility index (Phi) is 4.68. The minimum absolute atomic E-state index is 0.0809. The summed E-state index contributed by atoms with van der Waals surface area (Å²) in [5.41, 5.74) is -0.917. The molecule has 0 saturated heterocycles. The zero-order valence-corrected chi connectivity index (χ0v) is 13.1. The van der Waals surface area contributed by atoms with E-state index in [1.165, 1.54) is 24.3 Å². The highest BCUT2D eigenvalue weighted by atomic mass is 19.4. The number of nitrogens with zero attached hydrogens (tertiary/aromatic N) is 1. The number of carbonyl (C=O) groups excluding carboxylic acids is 2. The molecule has 0 unspecified atom stereocenters. The summed E-state index contributed by atoms with van der Waals surface area (Å²) in [4.78, 5) is 25.1. The summed E-state index contributed by atoms with van der Waals surface area (Å²) >= 11 is 0. The lowest BCUT2D eigenvalue weighted by molar-refractivity contribution is -0.146. The van der Waals surface area contributed by atoms with E-state index in [1.54, 1.807) is 0 Å². The molecule has 126 valence electrons. The summed E-state index contributed by atoms with van der Waals surface area (Å²) in [6.07, 6.45) is -0.504. The molecule has 0 bridgehead atoms. The fraction of sp³-hybridized carbons (Fsp3) is 0.500. The number of ether oxygens (including phenoxy) is 1. The maximum absolute atomic E-state index is 13.1. The molecule has 4 nitrogen and oxygen atoms in total. The van der Waals surface area contributed by atoms with Gasteiger partial charge in [0.2, 0.25) is 0 Å². The number of hydrogen-bond donors (Lipinski definition) is 0. The maximum Gasteiger partial charge on any atom is 0.420 e. The fourth-order valence-electron chi connectivity index (χ4n) is 2.80. The SMILES string of the molecule is COC(=O)[C@H](CC(C)C)N1C=C2C=CC(=O)C(C(F)(F)F)=C2C1. The first-order chi connectivity index (χ1) is 10.6. The lowest BCUT2D eigenvalue weighted by Gasteiger charge is -2.27. The van der Waals surface area contributed by atoms with Crippen LogP contribution in [0.4, 0.5) is 13.2 Å². The second kappa shape index (κ2) is 6.22. The summed E-state index contributed by atoms with van der Waals surface area (Å²) in [7, 11) is 1.25. The minimum atomic E-state index is -4.72. The second-order valence-electron chi connectivity index (χ2n) is 5.97. The van der Waals surface area contributed by atoms with E-state index in [9.17, 15) is 22.8 Å². The van der Waals surface area contributed by atoms with Crippen molar-refractivity contribution < 1.29 is 27.5 Å². The highest BCUT2D eigenvalue weighted by molar-refractivity contribution is 6.08. The summed E-state index contributed by atoms with van der Waals surface area (Å²) in [6, 6.07) is -0.677. The van der Waals surface area contributed by atoms with Crippen molar-refractivity contribution in [1.29, 1.82) is 0 Å². The molecule has 7 heteroatoms. The van der Waals surface area contributed by atoms with E-state index in [0.717, 1.165) is 6.08 Å². The molecule has 0 amide bonds. The summed E-state index contributed by atoms with van der Waals surface area (Å²) in [6.45, 7) is 3.69. The maximum atomic E-state index is 13.1. The van der Waals surface area contributed by atoms with Crippen molar-refractivity contribution >= 4 is 11.8 Å². The number of allylic oxidation sites excluding steroid dienone is 3. The Bertz CT molecular complexity index is 615. The number of hydrogen-bond acceptors (Lipinski definition) is 4. The standard InChI is InChI=1S/C16H18F3NO3/c1-9(2)6-12(15(22)23-3)20-7-10-4-5-13(21)14(11(10)8-20)16(17,18)19/h4-5,7,9,12H,6,8H2,1-3H3/t12-/m0/s1. The summed E-state index contributed by atoms with van der Waals surface area (Å²) < 4.78 is 44.2. The van der Waals surface area contributed by atoms with Crippen LogP contribution in [-0.2, 0) is 14.3 Å². The average molecular weight is 329 g/mol. The summed E-state index contributed by atoms with van der Waals surface area (Å²) in [5.74, 6) is -1.39. The van der Waals surface area contributed by atoms with E-state index >= 15 is 0 Å². The van der Waals surface area contributed by atoms with E-state index in [2.05, 4.69) is 0 Å². The third-order valence-corrected chi connectivity index (χ3v) is 3.81. The van der Waals surface area contributed by atoms with E-state index in [1.807, 2.05) is 13.8 Å². The van der Waals surface area contributed by atoms with Crippen molar-refractivity contribution in [1.82, 2.24) is 4.90 Å². The monoisotopic (exact) mass is 329 g/mol. The van der Waals surface area contributed by atoms with E-state index in [-0.39, 0.29) is 18.0 Å². The van der Waals surface area contributed by atoms with Gasteiger partial charge in [-0.25, -0.2) is 4.79 Å². The first-order valence-electron chi connectivity index (χ1n) is 7.23. The van der Waals surface area contributed by atoms with Gasteiger partial charge in [-0.15, -0.1) is 0 Å². The zero-order valence-electron chi connectivity index (χ0n) is 13.1. The molecule has 0 spiro atoms. The number of halogens is 3. The van der Waals surface area contributed by atoms with Crippen LogP contribution in [0.2, 0.25) is 0 Å². The van der Waals surface area contributed by atoms with Gasteiger partial charge in [0.1, 0.15) is 11.6 Å². The molecule has 0 aromatic heterocycles. The molecule has 0 saturated carbocycles. The molecule has 0 N–H and O–H groups in total. The van der Waals surface area contributed by atoms with E-state index < -0.39 is 29.5 Å². The highest BCUT2D eigenvalue weighted by Gasteiger charge is 2.44. The molecule has 1 heterocycles. The molecular weight excluding hydrogens is 311 g/mol. The van der Waals surface area contributed by atoms with Gasteiger partial charge in [-0.05, 0) is 35.6 Å². The topological polar surface area (TPSA) is 46.6 Å². The average Bonchev–Trinajstić information content (AvgIpc) is 2.85. The number of alkyl halides is 3. The van der Waals surface area contributed by atoms with Crippen molar-refractivity contribution in [3.63, 3.8) is 0 Å². The van der Waals surface area contributed by atoms with Crippen molar-refractivity contribution in [2.45, 2.75) is 32.5 Å². The lowest BCUT2D eigenvalue weighted by Crippen LogP contribution is -2.39. The van der Waals surface area contributed by atoms with Crippen molar-refractivity contribution in [3.05, 3.63) is 35.1 Å². The number of rotatable bonds is 4. The van der Waals surface area contributed by atoms with E-state index in [0.29, 0.717) is 12.0 Å². The molecule has 1 atom stereocenters. The number of methoxy groups -OCH3 is 1. The van der Waals surface area contributed by atoms with Gasteiger partial charge in [0.05, 0.1) is 7.11 Å². The van der Waals surface area contributed by atoms with Crippen LogP contribution in [0.15, 0.2) is 35.1 Å². The van der Waals surface area contributed by atoms with Crippen molar-refractivity contribution in [2.75, 3.05) is 13.7 Å². The van der Waals surface area contributed by atoms with Crippen LogP contribution >= 0.6 is 0 Å². The lowest BCUT2D eigenvalue weighted by atomic mass is 9.93. The molecule has 0 aromatic rings. The normalized spacial score (nSPS) is 19.2. The fourth-order valence-corrected chi connectivity index (χ4v) is 2.80. The van der Waals surface area contributed by atoms with Crippen LogP contribution < -0.4 is 0 Å². The number of ketones is 1. The molecule has 2 aliphatic rings. The Morgan fingerprint density at radius 3 is 2.52 bits per heavy atom. The smallest absolute Gasteiger partial charge is 0.420 e. The van der Waals surface area contributed by atoms with Crippen LogP contribution in [0.25, 0.3) is 0 Å². The van der Waals surface area contributed by atoms with Crippen molar-refractivity contribution in [2.24, 2.45) is 5.92 Å². The number of esters is 1. The molecular formula is C16H18F3NO3. The second-order valence-corrected chi connectivity index (χ2v) is 5.97. The molecule has 0 fully saturated rings. The predicted molar refractivity (Wildman–Crippen MR) is 77.3 cm³/mol. The number of fused-ring (bicyclic) bond motifs is 1. The van der Waals surface area contributed by atoms with Gasteiger partial charge in [0.15, 0.2) is 5.78 Å². The van der Waals surface area contributed by atoms with Crippen LogP contribution in [-0.4, -0.2) is 42.5 Å². The quantitative estimate of drug-likeness (QED) is 0.744. The molecule has 0 radical (unpaired) electrons. The molecule has 23 heavy (non-hydrogen) atoms. The molecule has 0 aromatic carbocycles. The van der Waals surface area contributed by atoms with Gasteiger partial charge < -0.3 is 9.64 Å². The minimum Gasteiger partial charge on any atom is -0.467 e. The Morgan fingerprint density at radius 2 is 2.00 bits per heavy atom. The van der Waals surface area contributed by atoms with Gasteiger partial charge in [-0.3, -0.25) is 4.79 Å². The predicted octanol–water partition coefficient (Wildman–Crippen LogP) is 2.77. The highest BCUT2D eigenvalue weighted by Crippen LogP contribution is 2.38. The van der Waals surface area contributed by atoms with Gasteiger partial charge >= 0.3 is 12.1 Å². The Hall–Kier alpha value is -2.05. The molecule has 1 aliphatic carbocycles. The third kappa shape index (κ3) is 3.48. The van der Waals surface area contributed by atoms with E-state index in [4.69, 9.17) is 4.74 Å². The Balaban J connectivity index is 2.38. The molecule has 2 rings (SSSR count). The van der Waals surface area contributed by atoms with Gasteiger partial charge in [-0.1, -0.05) is 13.8 Å². The van der Waals surface area contributed by atoms with Gasteiger partial charge in [0.25, 0.3) is 0 Å². The van der Waals surface area contributed by atoms with Gasteiger partial charge in [0, 0.05) is 12.7 Å².